The molecule has 2 nitrogen and oxygen atoms in total. The molecule has 13 heavy (non-hydrogen) atoms. The van der Waals surface area contributed by atoms with E-state index in [0.717, 1.165) is 12.1 Å². The molecule has 2 heteroatoms. The lowest BCUT2D eigenvalue weighted by Crippen LogP contribution is -2.27. The van der Waals surface area contributed by atoms with E-state index in [-0.39, 0.29) is 0 Å². The fourth-order valence-corrected chi connectivity index (χ4v) is 2.97. The summed E-state index contributed by atoms with van der Waals surface area (Å²) in [6, 6.07) is 5.87. The highest BCUT2D eigenvalue weighted by Crippen LogP contribution is 2.35. The molecule has 0 amide bonds. The highest BCUT2D eigenvalue weighted by Gasteiger charge is 2.37. The minimum absolute atomic E-state index is 0.762. The normalized spacial score (nSPS) is 33.8. The lowest BCUT2D eigenvalue weighted by Gasteiger charge is -2.21. The zero-order chi connectivity index (χ0) is 8.67. The smallest absolute Gasteiger partial charge is 0.0498 e. The monoisotopic (exact) mass is 176 g/mol. The van der Waals surface area contributed by atoms with Crippen molar-refractivity contribution in [1.29, 1.82) is 0 Å². The number of rotatable bonds is 1. The Morgan fingerprint density at radius 3 is 2.62 bits per heavy atom. The first-order chi connectivity index (χ1) is 6.45. The van der Waals surface area contributed by atoms with Gasteiger partial charge in [-0.15, -0.1) is 0 Å². The zero-order valence-electron chi connectivity index (χ0n) is 7.89. The van der Waals surface area contributed by atoms with Crippen molar-refractivity contribution < 1.29 is 0 Å². The summed E-state index contributed by atoms with van der Waals surface area (Å²) in [7, 11) is 0. The van der Waals surface area contributed by atoms with Gasteiger partial charge in [0, 0.05) is 31.0 Å². The van der Waals surface area contributed by atoms with Crippen molar-refractivity contribution >= 4 is 0 Å². The molecule has 2 atom stereocenters. The van der Waals surface area contributed by atoms with Gasteiger partial charge in [0.15, 0.2) is 0 Å². The second kappa shape index (κ2) is 2.88. The maximum Gasteiger partial charge on any atom is 0.0498 e. The van der Waals surface area contributed by atoms with Gasteiger partial charge in [-0.25, -0.2) is 0 Å². The van der Waals surface area contributed by atoms with Gasteiger partial charge in [-0.2, -0.15) is 0 Å². The van der Waals surface area contributed by atoms with E-state index in [1.54, 1.807) is 0 Å². The molecule has 3 rings (SSSR count). The highest BCUT2D eigenvalue weighted by molar-refractivity contribution is 5.00. The molecule has 0 spiro atoms. The minimum atomic E-state index is 0.762. The lowest BCUT2D eigenvalue weighted by atomic mass is 10.1. The van der Waals surface area contributed by atoms with Crippen LogP contribution in [0.5, 0.6) is 0 Å². The van der Waals surface area contributed by atoms with Crippen LogP contribution >= 0.6 is 0 Å². The summed E-state index contributed by atoms with van der Waals surface area (Å²) in [5.41, 5.74) is 0. The summed E-state index contributed by atoms with van der Waals surface area (Å²) in [6.07, 6.45) is 8.59. The number of fused-ring (bicyclic) bond motifs is 1. The fourth-order valence-electron chi connectivity index (χ4n) is 2.97. The molecule has 1 aromatic heterocycles. The first-order valence-corrected chi connectivity index (χ1v) is 5.32. The Bertz CT molecular complexity index is 278. The van der Waals surface area contributed by atoms with Gasteiger partial charge in [0.05, 0.1) is 0 Å². The number of hydrogen-bond acceptors (Lipinski definition) is 1. The van der Waals surface area contributed by atoms with Crippen molar-refractivity contribution in [3.8, 4) is 0 Å². The van der Waals surface area contributed by atoms with E-state index in [9.17, 15) is 0 Å². The van der Waals surface area contributed by atoms with Gasteiger partial charge in [0.25, 0.3) is 0 Å². The van der Waals surface area contributed by atoms with E-state index in [4.69, 9.17) is 0 Å². The van der Waals surface area contributed by atoms with Crippen LogP contribution in [0.3, 0.4) is 0 Å². The van der Waals surface area contributed by atoms with Crippen LogP contribution < -0.4 is 0 Å². The Morgan fingerprint density at radius 2 is 1.77 bits per heavy atom. The molecule has 0 aromatic carbocycles. The Balaban J connectivity index is 1.86. The van der Waals surface area contributed by atoms with Crippen LogP contribution in [0.15, 0.2) is 24.5 Å². The molecule has 2 aliphatic rings. The average Bonchev–Trinajstić information content (AvgIpc) is 2.79. The van der Waals surface area contributed by atoms with Crippen molar-refractivity contribution in [3.63, 3.8) is 0 Å². The van der Waals surface area contributed by atoms with Gasteiger partial charge in [-0.3, -0.25) is 4.90 Å². The summed E-state index contributed by atoms with van der Waals surface area (Å²) in [4.78, 5) is 2.66. The quantitative estimate of drug-likeness (QED) is 0.634. The highest BCUT2D eigenvalue weighted by atomic mass is 15.2. The molecule has 0 radical (unpaired) electrons. The standard InChI is InChI=1S/C11H16N2/c1-2-7-12(6-1)11-5-9-13-8-3-4-10(11)13/h1-2,6-7,10-11H,3-5,8-9H2. The Kier molecular flexibility index (Phi) is 1.69. The summed E-state index contributed by atoms with van der Waals surface area (Å²) in [6.45, 7) is 2.65. The van der Waals surface area contributed by atoms with E-state index in [0.29, 0.717) is 0 Å². The Labute approximate surface area is 79.2 Å². The van der Waals surface area contributed by atoms with E-state index < -0.39 is 0 Å². The third kappa shape index (κ3) is 1.12. The predicted octanol–water partition coefficient (Wildman–Crippen LogP) is 1.90. The number of aromatic nitrogens is 1. The first kappa shape index (κ1) is 7.63. The summed E-state index contributed by atoms with van der Waals surface area (Å²) in [5, 5.41) is 0. The minimum Gasteiger partial charge on any atom is -0.350 e. The fraction of sp³-hybridized carbons (Fsp3) is 0.636. The Morgan fingerprint density at radius 1 is 0.923 bits per heavy atom. The number of nitrogens with zero attached hydrogens (tertiary/aromatic N) is 2. The van der Waals surface area contributed by atoms with Gasteiger partial charge in [-0.05, 0) is 37.9 Å². The SMILES string of the molecule is c1ccn(C2CCN3CCCC23)c1. The molecule has 2 unspecified atom stereocenters. The molecule has 70 valence electrons. The molecule has 2 aliphatic heterocycles. The van der Waals surface area contributed by atoms with Gasteiger partial charge < -0.3 is 4.57 Å². The van der Waals surface area contributed by atoms with Crippen LogP contribution in [0.1, 0.15) is 25.3 Å². The van der Waals surface area contributed by atoms with Crippen molar-refractivity contribution in [2.75, 3.05) is 13.1 Å². The van der Waals surface area contributed by atoms with E-state index in [1.165, 1.54) is 32.4 Å². The van der Waals surface area contributed by atoms with E-state index in [2.05, 4.69) is 34.0 Å². The van der Waals surface area contributed by atoms with Crippen LogP contribution in [0.4, 0.5) is 0 Å². The van der Waals surface area contributed by atoms with Crippen molar-refractivity contribution in [1.82, 2.24) is 9.47 Å². The van der Waals surface area contributed by atoms with Crippen molar-refractivity contribution in [2.45, 2.75) is 31.3 Å². The second-order valence-corrected chi connectivity index (χ2v) is 4.23. The van der Waals surface area contributed by atoms with Crippen LogP contribution in [0.25, 0.3) is 0 Å². The Hall–Kier alpha value is -0.760. The molecule has 0 aliphatic carbocycles. The maximum absolute atomic E-state index is 2.66. The topological polar surface area (TPSA) is 8.17 Å². The molecular weight excluding hydrogens is 160 g/mol. The van der Waals surface area contributed by atoms with Crippen molar-refractivity contribution in [2.24, 2.45) is 0 Å². The lowest BCUT2D eigenvalue weighted by molar-refractivity contribution is 0.290. The summed E-state index contributed by atoms with van der Waals surface area (Å²) < 4.78 is 2.40. The molecule has 2 saturated heterocycles. The predicted molar refractivity (Wildman–Crippen MR) is 52.7 cm³/mol. The molecule has 1 aromatic rings. The number of hydrogen-bond donors (Lipinski definition) is 0. The zero-order valence-corrected chi connectivity index (χ0v) is 7.89. The van der Waals surface area contributed by atoms with Crippen LogP contribution in [0.2, 0.25) is 0 Å². The second-order valence-electron chi connectivity index (χ2n) is 4.23. The largest absolute Gasteiger partial charge is 0.350 e. The molecule has 3 heterocycles. The third-order valence-electron chi connectivity index (χ3n) is 3.58. The molecule has 0 N–H and O–H groups in total. The third-order valence-corrected chi connectivity index (χ3v) is 3.58. The maximum atomic E-state index is 2.66. The van der Waals surface area contributed by atoms with E-state index in [1.807, 2.05) is 0 Å². The van der Waals surface area contributed by atoms with Crippen LogP contribution in [0, 0.1) is 0 Å². The summed E-state index contributed by atoms with van der Waals surface area (Å²) in [5.74, 6) is 0. The van der Waals surface area contributed by atoms with Crippen LogP contribution in [-0.2, 0) is 0 Å². The molecule has 2 fully saturated rings. The van der Waals surface area contributed by atoms with Crippen LogP contribution in [-0.4, -0.2) is 28.6 Å². The molecule has 0 saturated carbocycles. The molecule has 0 bridgehead atoms. The summed E-state index contributed by atoms with van der Waals surface area (Å²) >= 11 is 0. The van der Waals surface area contributed by atoms with Crippen molar-refractivity contribution in [3.05, 3.63) is 24.5 Å². The average molecular weight is 176 g/mol. The van der Waals surface area contributed by atoms with Gasteiger partial charge in [0.2, 0.25) is 0 Å². The van der Waals surface area contributed by atoms with Gasteiger partial charge >= 0.3 is 0 Å². The van der Waals surface area contributed by atoms with Gasteiger partial charge in [0.1, 0.15) is 0 Å². The van der Waals surface area contributed by atoms with E-state index >= 15 is 0 Å². The molecular formula is C11H16N2. The van der Waals surface area contributed by atoms with Gasteiger partial charge in [-0.1, -0.05) is 0 Å². The first-order valence-electron chi connectivity index (χ1n) is 5.32.